The van der Waals surface area contributed by atoms with Crippen LogP contribution in [0.5, 0.6) is 0 Å². The normalized spacial score (nSPS) is 33.7. The van der Waals surface area contributed by atoms with E-state index in [0.717, 1.165) is 0 Å². The molecular weight excluding hydrogens is 426 g/mol. The molecule has 0 bridgehead atoms. The van der Waals surface area contributed by atoms with Crippen molar-refractivity contribution in [3.63, 3.8) is 0 Å². The Balaban J connectivity index is -0.00000192. The molecule has 1 saturated carbocycles. The van der Waals surface area contributed by atoms with Gasteiger partial charge in [-0.05, 0) is 0 Å². The molecule has 0 aromatic carbocycles. The second kappa shape index (κ2) is 12.1. The van der Waals surface area contributed by atoms with Crippen molar-refractivity contribution in [1.82, 2.24) is 0 Å². The van der Waals surface area contributed by atoms with E-state index in [1.165, 1.54) is 0 Å². The number of phosphoric acid groups is 3. The van der Waals surface area contributed by atoms with Gasteiger partial charge in [-0.1, -0.05) is 0 Å². The molecular formula is C6H12Li3O15P3. The summed E-state index contributed by atoms with van der Waals surface area (Å²) in [6, 6.07) is 0. The van der Waals surface area contributed by atoms with E-state index in [1.807, 2.05) is 0 Å². The van der Waals surface area contributed by atoms with Gasteiger partial charge in [0.05, 0.1) is 7.82 Å². The van der Waals surface area contributed by atoms with E-state index in [0.29, 0.717) is 0 Å². The molecule has 1 fully saturated rings. The van der Waals surface area contributed by atoms with Gasteiger partial charge in [0, 0.05) is 0 Å². The Bertz CT molecular complexity index is 587. The van der Waals surface area contributed by atoms with E-state index >= 15 is 0 Å². The van der Waals surface area contributed by atoms with E-state index in [-0.39, 0.29) is 56.6 Å². The summed E-state index contributed by atoms with van der Waals surface area (Å²) < 4.78 is 43.9. The number of aliphatic hydroxyl groups is 3. The first-order valence-corrected chi connectivity index (χ1v) is 10.2. The van der Waals surface area contributed by atoms with Gasteiger partial charge in [-0.15, -0.1) is 0 Å². The average Bonchev–Trinajstić information content (AvgIpc) is 2.32. The molecule has 0 heterocycles. The van der Waals surface area contributed by atoms with Gasteiger partial charge in [-0.2, -0.15) is 0 Å². The first-order chi connectivity index (χ1) is 10.5. The van der Waals surface area contributed by atoms with Crippen molar-refractivity contribution in [2.45, 2.75) is 36.6 Å². The number of phosphoric ester groups is 3. The van der Waals surface area contributed by atoms with Gasteiger partial charge in [-0.25, -0.2) is 4.57 Å². The van der Waals surface area contributed by atoms with Gasteiger partial charge in [0.2, 0.25) is 0 Å². The maximum Gasteiger partial charge on any atom is 1.00 e. The molecule has 1 rings (SSSR count). The summed E-state index contributed by atoms with van der Waals surface area (Å²) in [6.45, 7) is 0. The molecule has 1 aliphatic rings. The standard InChI is InChI=1S/C6H15O15P3.3Li/c7-1-2(8)5(20-23(13,14)15)6(21-24(16,17)18)3(9)4(1)19-22(10,11)12;;;/h1-9H,(H2,10,11,12)(H2,13,14,15)(H2,16,17,18);;;/q;3*+1/p-3/t1-,2+,3+,4-,5-,6-;;;/m0.../s1. The summed E-state index contributed by atoms with van der Waals surface area (Å²) in [6.07, 6.45) is -15.0. The molecule has 0 aliphatic heterocycles. The number of hydrogen-bond donors (Lipinski definition) is 6. The van der Waals surface area contributed by atoms with E-state index in [9.17, 15) is 43.7 Å². The third-order valence-corrected chi connectivity index (χ3v) is 4.31. The Morgan fingerprint density at radius 1 is 0.630 bits per heavy atom. The molecule has 6 N–H and O–H groups in total. The van der Waals surface area contributed by atoms with Crippen molar-refractivity contribution < 1.29 is 129 Å². The number of rotatable bonds is 6. The van der Waals surface area contributed by atoms with Gasteiger partial charge in [0.15, 0.2) is 0 Å². The van der Waals surface area contributed by atoms with Gasteiger partial charge < -0.3 is 58.3 Å². The predicted octanol–water partition coefficient (Wildman–Crippen LogP) is -14.4. The van der Waals surface area contributed by atoms with E-state index in [2.05, 4.69) is 13.6 Å². The minimum Gasteiger partial charge on any atom is -0.790 e. The fraction of sp³-hybridized carbons (Fsp3) is 1.00. The van der Waals surface area contributed by atoms with Crippen LogP contribution in [0.4, 0.5) is 0 Å². The predicted molar refractivity (Wildman–Crippen MR) is 62.1 cm³/mol. The Morgan fingerprint density at radius 2 is 1.00 bits per heavy atom. The van der Waals surface area contributed by atoms with Gasteiger partial charge >= 0.3 is 64.4 Å². The van der Waals surface area contributed by atoms with Crippen molar-refractivity contribution in [2.24, 2.45) is 0 Å². The molecule has 7 atom stereocenters. The molecule has 27 heavy (non-hydrogen) atoms. The van der Waals surface area contributed by atoms with Crippen molar-refractivity contribution >= 4 is 23.5 Å². The van der Waals surface area contributed by atoms with Gasteiger partial charge in [0.1, 0.15) is 36.6 Å². The molecule has 144 valence electrons. The van der Waals surface area contributed by atoms with Crippen LogP contribution in [0.15, 0.2) is 0 Å². The van der Waals surface area contributed by atoms with Crippen LogP contribution in [-0.2, 0) is 27.3 Å². The third-order valence-electron chi connectivity index (χ3n) is 2.78. The maximum absolute atomic E-state index is 10.9. The summed E-state index contributed by atoms with van der Waals surface area (Å²) in [4.78, 5) is 58.0. The average molecular weight is 438 g/mol. The van der Waals surface area contributed by atoms with Gasteiger partial charge in [0.25, 0.3) is 7.82 Å². The summed E-state index contributed by atoms with van der Waals surface area (Å²) in [5.74, 6) is 0. The fourth-order valence-electron chi connectivity index (χ4n) is 2.00. The van der Waals surface area contributed by atoms with Crippen LogP contribution in [0.3, 0.4) is 0 Å². The second-order valence-electron chi connectivity index (χ2n) is 4.59. The summed E-state index contributed by atoms with van der Waals surface area (Å²) in [5, 5.41) is 29.1. The molecule has 0 saturated heterocycles. The Hall–Kier alpha value is 2.00. The molecule has 21 heteroatoms. The van der Waals surface area contributed by atoms with Crippen LogP contribution in [0.25, 0.3) is 0 Å². The smallest absolute Gasteiger partial charge is 0.790 e. The Labute approximate surface area is 188 Å². The zero-order chi connectivity index (χ0) is 19.1. The largest absolute Gasteiger partial charge is 1.00 e. The summed E-state index contributed by atoms with van der Waals surface area (Å²) in [7, 11) is -17.0. The summed E-state index contributed by atoms with van der Waals surface area (Å²) >= 11 is 0. The quantitative estimate of drug-likeness (QED) is 0.166. The molecule has 0 amide bonds. The fourth-order valence-corrected chi connectivity index (χ4v) is 3.66. The first kappa shape index (κ1) is 33.6. The SMILES string of the molecule is O=P([O-])([O-])O[C@@H]1[C@@H](O)[C@H](OP(=O)(O)O)[C@@H](OP(=O)([O-])O)[C@H](O)[C@@H]1O.[Li+].[Li+].[Li+]. The molecule has 0 spiro atoms. The van der Waals surface area contributed by atoms with Crippen LogP contribution in [0.1, 0.15) is 0 Å². The van der Waals surface area contributed by atoms with Crippen molar-refractivity contribution in [3.8, 4) is 0 Å². The van der Waals surface area contributed by atoms with E-state index < -0.39 is 60.1 Å². The number of aliphatic hydroxyl groups excluding tert-OH is 3. The zero-order valence-electron chi connectivity index (χ0n) is 14.2. The topological polar surface area (TPSA) is 269 Å². The van der Waals surface area contributed by atoms with Crippen molar-refractivity contribution in [2.75, 3.05) is 0 Å². The van der Waals surface area contributed by atoms with E-state index in [4.69, 9.17) is 14.7 Å². The molecule has 0 aromatic rings. The minimum atomic E-state index is -5.86. The Kier molecular flexibility index (Phi) is 15.1. The zero-order valence-corrected chi connectivity index (χ0v) is 16.8. The van der Waals surface area contributed by atoms with Crippen molar-refractivity contribution in [3.05, 3.63) is 0 Å². The van der Waals surface area contributed by atoms with Gasteiger partial charge in [-0.3, -0.25) is 9.09 Å². The monoisotopic (exact) mass is 438 g/mol. The Morgan fingerprint density at radius 3 is 1.33 bits per heavy atom. The maximum atomic E-state index is 10.9. The molecule has 1 unspecified atom stereocenters. The van der Waals surface area contributed by atoms with Crippen molar-refractivity contribution in [1.29, 1.82) is 0 Å². The molecule has 0 radical (unpaired) electrons. The molecule has 0 aromatic heterocycles. The minimum absolute atomic E-state index is 0. The molecule has 1 aliphatic carbocycles. The first-order valence-electron chi connectivity index (χ1n) is 5.72. The summed E-state index contributed by atoms with van der Waals surface area (Å²) in [5.41, 5.74) is 0. The third kappa shape index (κ3) is 11.3. The number of hydrogen-bond acceptors (Lipinski definition) is 12. The molecule has 15 nitrogen and oxygen atoms in total. The van der Waals surface area contributed by atoms with Crippen LogP contribution in [0.2, 0.25) is 0 Å². The van der Waals surface area contributed by atoms with Crippen LogP contribution in [0, 0.1) is 0 Å². The van der Waals surface area contributed by atoms with Crippen LogP contribution < -0.4 is 71.3 Å². The van der Waals surface area contributed by atoms with Crippen LogP contribution >= 0.6 is 23.5 Å². The second-order valence-corrected chi connectivity index (χ2v) is 8.03. The van der Waals surface area contributed by atoms with E-state index in [1.54, 1.807) is 0 Å². The van der Waals surface area contributed by atoms with Crippen LogP contribution in [-0.4, -0.2) is 66.6 Å².